The third-order valence-electron chi connectivity index (χ3n) is 5.48. The fourth-order valence-electron chi connectivity index (χ4n) is 3.66. The Hall–Kier alpha value is -2.14. The molecule has 1 aliphatic carbocycles. The van der Waals surface area contributed by atoms with Gasteiger partial charge in [0.15, 0.2) is 0 Å². The predicted octanol–water partition coefficient (Wildman–Crippen LogP) is 4.82. The first-order valence-corrected chi connectivity index (χ1v) is 10.3. The number of amides is 2. The maximum atomic E-state index is 12.7. The Morgan fingerprint density at radius 2 is 1.78 bits per heavy atom. The Kier molecular flexibility index (Phi) is 5.43. The molecule has 3 rings (SSSR count). The lowest BCUT2D eigenvalue weighted by molar-refractivity contribution is 0.0963. The number of nitrogens with one attached hydrogen (secondary N) is 2. The van der Waals surface area contributed by atoms with Crippen molar-refractivity contribution in [2.24, 2.45) is 11.3 Å². The van der Waals surface area contributed by atoms with Crippen molar-refractivity contribution in [3.05, 3.63) is 51.4 Å². The van der Waals surface area contributed by atoms with Gasteiger partial charge in [0.05, 0.1) is 5.56 Å². The van der Waals surface area contributed by atoms with Crippen LogP contribution in [0.5, 0.6) is 0 Å². The average molecular weight is 385 g/mol. The number of carbonyl (C=O) groups excluding carboxylic acids is 2. The molecule has 2 amide bonds. The fourth-order valence-corrected chi connectivity index (χ4v) is 4.98. The molecule has 4 nitrogen and oxygen atoms in total. The van der Waals surface area contributed by atoms with E-state index in [0.717, 1.165) is 30.4 Å². The summed E-state index contributed by atoms with van der Waals surface area (Å²) in [6, 6.07) is 7.46. The van der Waals surface area contributed by atoms with E-state index >= 15 is 0 Å². The summed E-state index contributed by atoms with van der Waals surface area (Å²) >= 11 is 1.56. The smallest absolute Gasteiger partial charge is 0.256 e. The van der Waals surface area contributed by atoms with Crippen molar-refractivity contribution in [2.75, 3.05) is 12.4 Å². The minimum absolute atomic E-state index is 0.124. The van der Waals surface area contributed by atoms with E-state index in [9.17, 15) is 9.59 Å². The molecule has 0 saturated carbocycles. The van der Waals surface area contributed by atoms with Crippen LogP contribution in [0.3, 0.4) is 0 Å². The van der Waals surface area contributed by atoms with Crippen molar-refractivity contribution < 1.29 is 9.59 Å². The van der Waals surface area contributed by atoms with Gasteiger partial charge in [-0.2, -0.15) is 0 Å². The molecule has 1 unspecified atom stereocenters. The van der Waals surface area contributed by atoms with Gasteiger partial charge in [0, 0.05) is 17.5 Å². The van der Waals surface area contributed by atoms with E-state index in [0.29, 0.717) is 22.0 Å². The number of hydrogen-bond acceptors (Lipinski definition) is 3. The number of thiophene rings is 1. The molecule has 1 atom stereocenters. The van der Waals surface area contributed by atoms with Gasteiger partial charge in [0.1, 0.15) is 5.00 Å². The number of carbonyl (C=O) groups is 2. The second kappa shape index (κ2) is 7.47. The third kappa shape index (κ3) is 4.08. The van der Waals surface area contributed by atoms with Gasteiger partial charge >= 0.3 is 0 Å². The Morgan fingerprint density at radius 1 is 1.11 bits per heavy atom. The van der Waals surface area contributed by atoms with Crippen LogP contribution < -0.4 is 10.6 Å². The van der Waals surface area contributed by atoms with Crippen LogP contribution in [0.15, 0.2) is 24.3 Å². The van der Waals surface area contributed by atoms with Gasteiger partial charge in [0.2, 0.25) is 0 Å². The molecule has 1 aromatic heterocycles. The van der Waals surface area contributed by atoms with Crippen molar-refractivity contribution in [2.45, 2.75) is 47.0 Å². The maximum absolute atomic E-state index is 12.7. The second-order valence-electron chi connectivity index (χ2n) is 8.41. The number of aryl methyl sites for hydroxylation is 1. The van der Waals surface area contributed by atoms with Crippen molar-refractivity contribution in [3.63, 3.8) is 0 Å². The number of fused-ring (bicyclic) bond motifs is 1. The average Bonchev–Trinajstić information content (AvgIpc) is 2.97. The molecular formula is C22H28N2O2S. The van der Waals surface area contributed by atoms with E-state index in [1.54, 1.807) is 18.4 Å². The van der Waals surface area contributed by atoms with Crippen molar-refractivity contribution in [3.8, 4) is 0 Å². The lowest BCUT2D eigenvalue weighted by atomic mass is 9.72. The Balaban J connectivity index is 1.93. The number of benzene rings is 1. The van der Waals surface area contributed by atoms with E-state index in [4.69, 9.17) is 0 Å². The first-order valence-electron chi connectivity index (χ1n) is 9.45. The summed E-state index contributed by atoms with van der Waals surface area (Å²) in [7, 11) is 1.64. The molecule has 27 heavy (non-hydrogen) atoms. The van der Waals surface area contributed by atoms with E-state index in [1.807, 2.05) is 31.2 Å². The number of anilines is 1. The van der Waals surface area contributed by atoms with E-state index in [-0.39, 0.29) is 17.2 Å². The molecule has 0 spiro atoms. The van der Waals surface area contributed by atoms with Crippen molar-refractivity contribution in [1.82, 2.24) is 5.32 Å². The Morgan fingerprint density at radius 3 is 2.37 bits per heavy atom. The van der Waals surface area contributed by atoms with Gasteiger partial charge in [-0.15, -0.1) is 11.3 Å². The third-order valence-corrected chi connectivity index (χ3v) is 6.65. The highest BCUT2D eigenvalue weighted by atomic mass is 32.1. The summed E-state index contributed by atoms with van der Waals surface area (Å²) in [6.45, 7) is 8.81. The highest BCUT2D eigenvalue weighted by molar-refractivity contribution is 7.17. The zero-order chi connectivity index (χ0) is 19.8. The van der Waals surface area contributed by atoms with Crippen LogP contribution in [0.2, 0.25) is 0 Å². The second-order valence-corrected chi connectivity index (χ2v) is 9.52. The monoisotopic (exact) mass is 384 g/mol. The van der Waals surface area contributed by atoms with Crippen LogP contribution in [-0.4, -0.2) is 18.9 Å². The summed E-state index contributed by atoms with van der Waals surface area (Å²) in [6.07, 6.45) is 2.92. The highest BCUT2D eigenvalue weighted by Gasteiger charge is 2.33. The van der Waals surface area contributed by atoms with Gasteiger partial charge in [-0.3, -0.25) is 9.59 Å². The highest BCUT2D eigenvalue weighted by Crippen LogP contribution is 2.44. The molecule has 2 aromatic rings. The molecule has 1 aromatic carbocycles. The topological polar surface area (TPSA) is 58.2 Å². The molecular weight excluding hydrogens is 356 g/mol. The lowest BCUT2D eigenvalue weighted by Crippen LogP contribution is -2.27. The van der Waals surface area contributed by atoms with Crippen LogP contribution in [0, 0.1) is 18.3 Å². The quantitative estimate of drug-likeness (QED) is 0.797. The minimum Gasteiger partial charge on any atom is -0.355 e. The molecule has 0 aliphatic heterocycles. The van der Waals surface area contributed by atoms with Gasteiger partial charge in [-0.25, -0.2) is 0 Å². The first-order chi connectivity index (χ1) is 12.7. The van der Waals surface area contributed by atoms with Gasteiger partial charge < -0.3 is 10.6 Å². The molecule has 1 aliphatic rings. The minimum atomic E-state index is -0.175. The van der Waals surface area contributed by atoms with Gasteiger partial charge in [-0.1, -0.05) is 38.5 Å². The standard InChI is InChI=1S/C22H28N2O2S/c1-13-6-8-14(9-7-13)19(25)24-21-18(20(26)23-5)16-11-10-15(22(2,3)4)12-17(16)27-21/h6-9,15H,10-12H2,1-5H3,(H,23,26)(H,24,25). The maximum Gasteiger partial charge on any atom is 0.256 e. The lowest BCUT2D eigenvalue weighted by Gasteiger charge is -2.33. The van der Waals surface area contributed by atoms with Crippen LogP contribution in [-0.2, 0) is 12.8 Å². The van der Waals surface area contributed by atoms with Crippen LogP contribution >= 0.6 is 11.3 Å². The summed E-state index contributed by atoms with van der Waals surface area (Å²) in [5.41, 5.74) is 3.70. The molecule has 0 saturated heterocycles. The van der Waals surface area contributed by atoms with Crippen molar-refractivity contribution in [1.29, 1.82) is 0 Å². The van der Waals surface area contributed by atoms with E-state index in [1.165, 1.54) is 4.88 Å². The Bertz CT molecular complexity index is 860. The van der Waals surface area contributed by atoms with E-state index in [2.05, 4.69) is 31.4 Å². The van der Waals surface area contributed by atoms with Crippen LogP contribution in [0.1, 0.15) is 63.9 Å². The number of hydrogen-bond donors (Lipinski definition) is 2. The summed E-state index contributed by atoms with van der Waals surface area (Å²) < 4.78 is 0. The largest absolute Gasteiger partial charge is 0.355 e. The summed E-state index contributed by atoms with van der Waals surface area (Å²) in [4.78, 5) is 26.5. The molecule has 0 fully saturated rings. The molecule has 0 bridgehead atoms. The molecule has 2 N–H and O–H groups in total. The van der Waals surface area contributed by atoms with Crippen LogP contribution in [0.25, 0.3) is 0 Å². The summed E-state index contributed by atoms with van der Waals surface area (Å²) in [5.74, 6) is 0.286. The predicted molar refractivity (Wildman–Crippen MR) is 112 cm³/mol. The normalized spacial score (nSPS) is 16.6. The van der Waals surface area contributed by atoms with Gasteiger partial charge in [-0.05, 0) is 55.2 Å². The molecule has 1 heterocycles. The number of rotatable bonds is 3. The molecule has 144 valence electrons. The fraction of sp³-hybridized carbons (Fsp3) is 0.455. The SMILES string of the molecule is CNC(=O)c1c(NC(=O)c2ccc(C)cc2)sc2c1CCC(C(C)(C)C)C2. The van der Waals surface area contributed by atoms with Crippen LogP contribution in [0.4, 0.5) is 5.00 Å². The van der Waals surface area contributed by atoms with E-state index < -0.39 is 0 Å². The molecule has 0 radical (unpaired) electrons. The summed E-state index contributed by atoms with van der Waals surface area (Å²) in [5, 5.41) is 6.39. The zero-order valence-electron chi connectivity index (χ0n) is 16.7. The molecule has 5 heteroatoms. The van der Waals surface area contributed by atoms with Crippen molar-refractivity contribution >= 4 is 28.2 Å². The zero-order valence-corrected chi connectivity index (χ0v) is 17.5. The first kappa shape index (κ1) is 19.6. The van der Waals surface area contributed by atoms with Gasteiger partial charge in [0.25, 0.3) is 11.8 Å². The Labute approximate surface area is 165 Å².